The van der Waals surface area contributed by atoms with Crippen molar-refractivity contribution < 1.29 is 20.4 Å². The Morgan fingerprint density at radius 3 is 0.634 bits per heavy atom. The van der Waals surface area contributed by atoms with E-state index in [1.807, 2.05) is 24.3 Å². The summed E-state index contributed by atoms with van der Waals surface area (Å²) in [5, 5.41) is 43.7. The Morgan fingerprint density at radius 2 is 0.406 bits per heavy atom. The van der Waals surface area contributed by atoms with E-state index in [0.717, 1.165) is 122 Å². The molecule has 101 heavy (non-hydrogen) atoms. The molecule has 0 saturated heterocycles. The fourth-order valence-corrected chi connectivity index (χ4v) is 16.2. The van der Waals surface area contributed by atoms with Gasteiger partial charge in [0.25, 0.3) is 0 Å². The molecular formula is C88H81N9O4. The van der Waals surface area contributed by atoms with Crippen molar-refractivity contribution in [3.05, 3.63) is 242 Å². The van der Waals surface area contributed by atoms with Crippen molar-refractivity contribution in [2.45, 2.75) is 161 Å². The van der Waals surface area contributed by atoms with Crippen LogP contribution in [0.15, 0.2) is 164 Å². The fourth-order valence-electron chi connectivity index (χ4n) is 16.2. The van der Waals surface area contributed by atoms with E-state index in [2.05, 4.69) is 109 Å². The summed E-state index contributed by atoms with van der Waals surface area (Å²) in [4.78, 5) is 44.6. The monoisotopic (exact) mass is 1330 g/mol. The number of rotatable bonds is 11. The lowest BCUT2D eigenvalue weighted by Crippen LogP contribution is -2.05. The van der Waals surface area contributed by atoms with Gasteiger partial charge in [-0.25, -0.2) is 44.9 Å². The maximum atomic E-state index is 11.7. The third kappa shape index (κ3) is 13.5. The zero-order valence-electron chi connectivity index (χ0n) is 57.1. The van der Waals surface area contributed by atoms with E-state index >= 15 is 0 Å². The average Bonchev–Trinajstić information content (AvgIpc) is 0.801. The lowest BCUT2D eigenvalue weighted by atomic mass is 9.90. The first kappa shape index (κ1) is 63.6. The van der Waals surface area contributed by atoms with Gasteiger partial charge < -0.3 is 20.4 Å². The van der Waals surface area contributed by atoms with Gasteiger partial charge in [-0.05, 0) is 311 Å². The molecule has 9 aromatic carbocycles. The van der Waals surface area contributed by atoms with Gasteiger partial charge in [0.15, 0.2) is 52.4 Å². The van der Waals surface area contributed by atoms with Gasteiger partial charge in [-0.15, -0.1) is 0 Å². The van der Waals surface area contributed by atoms with Gasteiger partial charge in [0.1, 0.15) is 23.0 Å². The number of aromatic hydroxyl groups is 4. The molecule has 0 unspecified atom stereocenters. The highest BCUT2D eigenvalue weighted by atomic mass is 16.3. The van der Waals surface area contributed by atoms with Crippen LogP contribution in [0.25, 0.3) is 102 Å². The van der Waals surface area contributed by atoms with E-state index < -0.39 is 0 Å². The van der Waals surface area contributed by atoms with E-state index in [-0.39, 0.29) is 23.0 Å². The number of nitrogens with zero attached hydrogens (tertiary/aromatic N) is 9. The first-order valence-electron chi connectivity index (χ1n) is 36.8. The van der Waals surface area contributed by atoms with Crippen molar-refractivity contribution in [1.82, 2.24) is 44.9 Å². The Hall–Kier alpha value is -10.8. The van der Waals surface area contributed by atoms with Crippen LogP contribution in [0.1, 0.15) is 155 Å². The fraction of sp³-hybridized carbons (Fsp3) is 0.284. The van der Waals surface area contributed by atoms with Crippen molar-refractivity contribution in [3.8, 4) is 125 Å². The first-order valence-corrected chi connectivity index (χ1v) is 36.8. The lowest BCUT2D eigenvalue weighted by molar-refractivity contribution is 0.451. The first-order chi connectivity index (χ1) is 49.6. The number of benzene rings is 9. The van der Waals surface area contributed by atoms with E-state index in [1.54, 1.807) is 18.2 Å². The Bertz CT molecular complexity index is 4770. The molecule has 13 nitrogen and oxygen atoms in total. The van der Waals surface area contributed by atoms with Crippen LogP contribution in [-0.4, -0.2) is 65.3 Å². The van der Waals surface area contributed by atoms with Crippen molar-refractivity contribution in [3.63, 3.8) is 0 Å². The molecule has 6 aliphatic carbocycles. The van der Waals surface area contributed by atoms with Crippen LogP contribution in [0.5, 0.6) is 23.0 Å². The van der Waals surface area contributed by atoms with Gasteiger partial charge in [0.05, 0.1) is 16.7 Å². The normalized spacial score (nSPS) is 15.2. The molecule has 0 atom stereocenters. The minimum absolute atomic E-state index is 0.000118. The Kier molecular flexibility index (Phi) is 17.5. The zero-order chi connectivity index (χ0) is 67.9. The van der Waals surface area contributed by atoms with Gasteiger partial charge >= 0.3 is 0 Å². The number of aromatic nitrogens is 9. The predicted molar refractivity (Wildman–Crippen MR) is 398 cm³/mol. The highest BCUT2D eigenvalue weighted by Gasteiger charge is 2.24. The Balaban J connectivity index is 0.000000187. The summed E-state index contributed by atoms with van der Waals surface area (Å²) >= 11 is 0. The van der Waals surface area contributed by atoms with E-state index in [1.165, 1.54) is 156 Å². The quantitative estimate of drug-likeness (QED) is 0.0955. The summed E-state index contributed by atoms with van der Waals surface area (Å²) in [5.41, 5.74) is 25.8. The van der Waals surface area contributed by atoms with Crippen LogP contribution in [0.4, 0.5) is 0 Å². The van der Waals surface area contributed by atoms with Crippen molar-refractivity contribution >= 4 is 0 Å². The molecule has 12 aromatic rings. The highest BCUT2D eigenvalue weighted by Crippen LogP contribution is 2.40. The maximum Gasteiger partial charge on any atom is 0.167 e. The van der Waals surface area contributed by atoms with E-state index in [4.69, 9.17) is 44.9 Å². The summed E-state index contributed by atoms with van der Waals surface area (Å²) < 4.78 is 0. The molecular weight excluding hydrogens is 1250 g/mol. The molecule has 0 saturated carbocycles. The Morgan fingerprint density at radius 1 is 0.198 bits per heavy atom. The topological polar surface area (TPSA) is 197 Å². The number of hydrogen-bond donors (Lipinski definition) is 4. The van der Waals surface area contributed by atoms with Crippen LogP contribution < -0.4 is 0 Å². The standard InChI is InChI=1S/C59H54N6O2.C29H27N3O2/c66-52-30-36(17-27-50(52)58-62-54(46-23-19-38-9-1-5-13-42(38)32-46)60-55(63-58)47-24-20-39-10-2-6-14-43(39)33-47)29-37-18-28-51(53(67)31-37)59-64-56(48-25-21-40-11-3-7-15-44(40)34-48)61-57(65-59)49-26-22-41-12-4-8-16-45(41)35-49;33-24-13-14-25(26(34)17-24)29-31-27(22-11-9-18-5-1-3-7-20(18)15-22)30-28(32-29)23-12-10-19-6-2-4-8-21(19)16-23/h17-28,30-35,66-67H,1-16,29H2;9-17,33-34H,1-8H2. The molecule has 0 radical (unpaired) electrons. The van der Waals surface area contributed by atoms with Gasteiger partial charge in [-0.1, -0.05) is 84.9 Å². The number of phenolic OH excluding ortho intramolecular Hbond substituents is 4. The second-order valence-corrected chi connectivity index (χ2v) is 28.6. The lowest BCUT2D eigenvalue weighted by Gasteiger charge is -2.18. The van der Waals surface area contributed by atoms with Gasteiger partial charge in [0, 0.05) is 39.4 Å². The maximum absolute atomic E-state index is 11.7. The third-order valence-corrected chi connectivity index (χ3v) is 21.8. The van der Waals surface area contributed by atoms with Crippen molar-refractivity contribution in [2.24, 2.45) is 0 Å². The summed E-state index contributed by atoms with van der Waals surface area (Å²) in [6, 6.07) is 55.3. The third-order valence-electron chi connectivity index (χ3n) is 21.8. The van der Waals surface area contributed by atoms with Crippen LogP contribution in [0.2, 0.25) is 0 Å². The molecule has 0 bridgehead atoms. The highest BCUT2D eigenvalue weighted by molar-refractivity contribution is 5.75. The molecule has 0 amide bonds. The summed E-state index contributed by atoms with van der Waals surface area (Å²) in [6.45, 7) is 0. The second kappa shape index (κ2) is 27.7. The number of aryl methyl sites for hydroxylation is 12. The summed E-state index contributed by atoms with van der Waals surface area (Å²) in [5.74, 6) is 5.00. The average molecular weight is 1330 g/mol. The van der Waals surface area contributed by atoms with Crippen LogP contribution in [-0.2, 0) is 83.5 Å². The molecule has 13 heteroatoms. The van der Waals surface area contributed by atoms with Gasteiger partial charge in [0.2, 0.25) is 0 Å². The summed E-state index contributed by atoms with van der Waals surface area (Å²) in [6.07, 6.45) is 28.1. The molecule has 3 heterocycles. The van der Waals surface area contributed by atoms with Crippen LogP contribution in [0, 0.1) is 0 Å². The largest absolute Gasteiger partial charge is 0.508 e. The number of fused-ring (bicyclic) bond motifs is 6. The molecule has 6 aliphatic rings. The molecule has 0 fully saturated rings. The van der Waals surface area contributed by atoms with E-state index in [0.29, 0.717) is 75.5 Å². The molecule has 502 valence electrons. The van der Waals surface area contributed by atoms with Crippen molar-refractivity contribution in [2.75, 3.05) is 0 Å². The SMILES string of the molecule is Oc1cc(Cc2ccc(-c3nc(-c4ccc5c(c4)CCCC5)nc(-c4ccc5c(c4)CCCC5)n3)c(O)c2)ccc1-c1nc(-c2ccc3c(c2)CCCC3)nc(-c2ccc3c(c2)CCCC3)n1.Oc1ccc(-c2nc(-c3ccc4c(c3)CCCC4)nc(-c3ccc4c(c3)CCCC4)n2)c(O)c1. The molecule has 3 aromatic heterocycles. The molecule has 0 spiro atoms. The number of phenols is 4. The van der Waals surface area contributed by atoms with Crippen molar-refractivity contribution in [1.29, 1.82) is 0 Å². The van der Waals surface area contributed by atoms with Gasteiger partial charge in [-0.3, -0.25) is 0 Å². The minimum Gasteiger partial charge on any atom is -0.508 e. The number of hydrogen-bond acceptors (Lipinski definition) is 13. The summed E-state index contributed by atoms with van der Waals surface area (Å²) in [7, 11) is 0. The second-order valence-electron chi connectivity index (χ2n) is 28.6. The molecule has 0 aliphatic heterocycles. The zero-order valence-corrected chi connectivity index (χ0v) is 57.1. The predicted octanol–water partition coefficient (Wildman–Crippen LogP) is 18.6. The molecule has 18 rings (SSSR count). The Labute approximate surface area is 589 Å². The van der Waals surface area contributed by atoms with Crippen LogP contribution in [0.3, 0.4) is 0 Å². The van der Waals surface area contributed by atoms with Gasteiger partial charge in [-0.2, -0.15) is 0 Å². The molecule has 4 N–H and O–H groups in total. The van der Waals surface area contributed by atoms with E-state index in [9.17, 15) is 20.4 Å². The smallest absolute Gasteiger partial charge is 0.167 e. The van der Waals surface area contributed by atoms with Crippen LogP contribution >= 0.6 is 0 Å². The minimum atomic E-state index is -0.0565.